The van der Waals surface area contributed by atoms with Gasteiger partial charge in [0, 0.05) is 0 Å². The lowest BCUT2D eigenvalue weighted by atomic mass is 9.68. The normalized spacial score (nSPS) is 28.1. The topological polar surface area (TPSA) is 0 Å². The van der Waals surface area contributed by atoms with Gasteiger partial charge in [-0.3, -0.25) is 0 Å². The summed E-state index contributed by atoms with van der Waals surface area (Å²) < 4.78 is 12.1. The van der Waals surface area contributed by atoms with Gasteiger partial charge < -0.3 is 0 Å². The minimum absolute atomic E-state index is 0.714. The Morgan fingerprint density at radius 1 is 0.828 bits per heavy atom. The summed E-state index contributed by atoms with van der Waals surface area (Å²) in [6.07, 6.45) is 22.4. The van der Waals surface area contributed by atoms with E-state index in [0.717, 1.165) is 30.1 Å². The molecule has 0 aliphatic heterocycles. The van der Waals surface area contributed by atoms with E-state index >= 15 is 0 Å². The zero-order valence-corrected chi connectivity index (χ0v) is 18.8. The van der Waals surface area contributed by atoms with Crippen molar-refractivity contribution in [2.75, 3.05) is 0 Å². The van der Waals surface area contributed by atoms with Gasteiger partial charge in [0.05, 0.1) is 6.33 Å². The molecule has 0 amide bonds. The van der Waals surface area contributed by atoms with Gasteiger partial charge in [0.1, 0.15) is 0 Å². The Labute approximate surface area is 179 Å². The minimum Gasteiger partial charge on any atom is -0.216 e. The summed E-state index contributed by atoms with van der Waals surface area (Å²) in [6.45, 7) is 2.28. The van der Waals surface area contributed by atoms with Gasteiger partial charge in [-0.1, -0.05) is 69.4 Å². The van der Waals surface area contributed by atoms with Crippen molar-refractivity contribution < 1.29 is 4.39 Å². The fraction of sp³-hybridized carbons (Fsp3) is 0.714. The predicted octanol–water partition coefficient (Wildman–Crippen LogP) is 9.15. The summed E-state index contributed by atoms with van der Waals surface area (Å²) in [5, 5.41) is 0. The van der Waals surface area contributed by atoms with Crippen molar-refractivity contribution in [3.05, 3.63) is 47.8 Å². The molecule has 1 aromatic rings. The van der Waals surface area contributed by atoms with Crippen molar-refractivity contribution >= 4 is 0 Å². The molecule has 0 atom stereocenters. The average Bonchev–Trinajstić information content (AvgIpc) is 2.78. The monoisotopic (exact) mass is 398 g/mol. The van der Waals surface area contributed by atoms with Gasteiger partial charge in [-0.25, -0.2) is 4.39 Å². The van der Waals surface area contributed by atoms with Crippen molar-refractivity contribution in [3.8, 4) is 0 Å². The molecule has 2 saturated carbocycles. The Balaban J connectivity index is 1.37. The van der Waals surface area contributed by atoms with Gasteiger partial charge >= 0.3 is 0 Å². The Bertz CT molecular complexity index is 571. The Hall–Kier alpha value is -1.11. The average molecular weight is 399 g/mol. The van der Waals surface area contributed by atoms with Crippen LogP contribution in [0.3, 0.4) is 0 Å². The molecule has 2 fully saturated rings. The zero-order valence-electron chi connectivity index (χ0n) is 18.8. The first kappa shape index (κ1) is 22.6. The second-order valence-corrected chi connectivity index (χ2v) is 9.88. The molecule has 0 spiro atoms. The number of benzene rings is 1. The summed E-state index contributed by atoms with van der Waals surface area (Å²) >= 11 is 0. The highest BCUT2D eigenvalue weighted by atomic mass is 19.1. The molecule has 0 bridgehead atoms. The molecule has 0 radical (unpaired) electrons. The minimum atomic E-state index is 0.714. The van der Waals surface area contributed by atoms with Gasteiger partial charge in [0.2, 0.25) is 0 Å². The lowest BCUT2D eigenvalue weighted by Crippen LogP contribution is -2.25. The third kappa shape index (κ3) is 7.26. The summed E-state index contributed by atoms with van der Waals surface area (Å²) in [6, 6.07) is 9.65. The molecule has 0 saturated heterocycles. The maximum atomic E-state index is 12.1. The molecule has 2 aliphatic rings. The molecule has 3 rings (SSSR count). The molecular formula is C28H43F. The van der Waals surface area contributed by atoms with E-state index < -0.39 is 0 Å². The largest absolute Gasteiger partial charge is 0.216 e. The van der Waals surface area contributed by atoms with Crippen LogP contribution in [0.5, 0.6) is 0 Å². The third-order valence-electron chi connectivity index (χ3n) is 7.93. The quantitative estimate of drug-likeness (QED) is 0.345. The van der Waals surface area contributed by atoms with Crippen LogP contribution in [-0.4, -0.2) is 0 Å². The molecule has 2 aliphatic carbocycles. The molecule has 0 aromatic heterocycles. The maximum absolute atomic E-state index is 12.1. The second-order valence-electron chi connectivity index (χ2n) is 9.88. The van der Waals surface area contributed by atoms with Crippen molar-refractivity contribution in [2.24, 2.45) is 17.8 Å². The number of aryl methyl sites for hydroxylation is 1. The van der Waals surface area contributed by atoms with Crippen LogP contribution in [0.25, 0.3) is 0 Å². The van der Waals surface area contributed by atoms with E-state index in [0.29, 0.717) is 6.33 Å². The summed E-state index contributed by atoms with van der Waals surface area (Å²) in [7, 11) is 0. The summed E-state index contributed by atoms with van der Waals surface area (Å²) in [5.74, 6) is 3.58. The van der Waals surface area contributed by atoms with Gasteiger partial charge in [-0.15, -0.1) is 0 Å². The first-order valence-corrected chi connectivity index (χ1v) is 12.6. The van der Waals surface area contributed by atoms with Gasteiger partial charge in [0.25, 0.3) is 0 Å². The van der Waals surface area contributed by atoms with Gasteiger partial charge in [0.15, 0.2) is 0 Å². The lowest BCUT2D eigenvalue weighted by Gasteiger charge is -2.38. The van der Waals surface area contributed by atoms with Crippen LogP contribution in [0.4, 0.5) is 4.39 Å². The van der Waals surface area contributed by atoms with Crippen LogP contribution < -0.4 is 0 Å². The highest BCUT2D eigenvalue weighted by Gasteiger charge is 2.31. The number of rotatable bonds is 10. The van der Waals surface area contributed by atoms with E-state index in [4.69, 9.17) is 0 Å². The molecule has 0 unspecified atom stereocenters. The number of hydrogen-bond acceptors (Lipinski definition) is 0. The predicted molar refractivity (Wildman–Crippen MR) is 124 cm³/mol. The van der Waals surface area contributed by atoms with E-state index in [-0.39, 0.29) is 0 Å². The standard InChI is InChI=1S/C28H43F/c1-2-3-4-5-8-23-10-14-25(15-11-23)27-18-20-28(21-19-27)26-16-12-24(13-17-26)9-6-7-22-29/h7,10-11,14-15,22,24,26-28H,2-6,8-9,12-13,16-21H2,1H3. The molecule has 0 heterocycles. The van der Waals surface area contributed by atoms with Gasteiger partial charge in [-0.05, 0) is 99.0 Å². The van der Waals surface area contributed by atoms with Crippen molar-refractivity contribution in [1.82, 2.24) is 0 Å². The van der Waals surface area contributed by atoms with E-state index in [1.807, 2.05) is 0 Å². The fourth-order valence-electron chi connectivity index (χ4n) is 5.98. The fourth-order valence-corrected chi connectivity index (χ4v) is 5.98. The molecule has 1 aromatic carbocycles. The smallest absolute Gasteiger partial charge is 0.0827 e. The Kier molecular flexibility index (Phi) is 9.77. The highest BCUT2D eigenvalue weighted by molar-refractivity contribution is 5.26. The van der Waals surface area contributed by atoms with Crippen LogP contribution >= 0.6 is 0 Å². The second kappa shape index (κ2) is 12.6. The number of unbranched alkanes of at least 4 members (excludes halogenated alkanes) is 3. The van der Waals surface area contributed by atoms with Crippen LogP contribution in [0.1, 0.15) is 114 Å². The van der Waals surface area contributed by atoms with Crippen molar-refractivity contribution in [3.63, 3.8) is 0 Å². The first-order chi connectivity index (χ1) is 14.3. The van der Waals surface area contributed by atoms with Crippen molar-refractivity contribution in [2.45, 2.75) is 109 Å². The number of halogens is 1. The zero-order chi connectivity index (χ0) is 20.3. The Morgan fingerprint density at radius 2 is 1.48 bits per heavy atom. The molecule has 29 heavy (non-hydrogen) atoms. The number of allylic oxidation sites excluding steroid dienone is 1. The van der Waals surface area contributed by atoms with Crippen molar-refractivity contribution in [1.29, 1.82) is 0 Å². The van der Waals surface area contributed by atoms with Crippen LogP contribution in [-0.2, 0) is 6.42 Å². The first-order valence-electron chi connectivity index (χ1n) is 12.6. The summed E-state index contributed by atoms with van der Waals surface area (Å²) in [5.41, 5.74) is 3.11. The Morgan fingerprint density at radius 3 is 2.10 bits per heavy atom. The molecular weight excluding hydrogens is 355 g/mol. The molecule has 0 N–H and O–H groups in total. The van der Waals surface area contributed by atoms with Crippen LogP contribution in [0.2, 0.25) is 0 Å². The van der Waals surface area contributed by atoms with Crippen LogP contribution in [0.15, 0.2) is 36.7 Å². The van der Waals surface area contributed by atoms with E-state index in [1.165, 1.54) is 95.5 Å². The molecule has 1 heteroatoms. The number of hydrogen-bond donors (Lipinski definition) is 0. The SMILES string of the molecule is CCCCCCc1ccc(C2CCC(C3CCC(CCC=CF)CC3)CC2)cc1. The van der Waals surface area contributed by atoms with Gasteiger partial charge in [-0.2, -0.15) is 0 Å². The molecule has 0 nitrogen and oxygen atoms in total. The highest BCUT2D eigenvalue weighted by Crippen LogP contribution is 2.44. The van der Waals surface area contributed by atoms with Crippen LogP contribution in [0, 0.1) is 17.8 Å². The molecule has 162 valence electrons. The maximum Gasteiger partial charge on any atom is 0.0827 e. The lowest BCUT2D eigenvalue weighted by molar-refractivity contribution is 0.157. The van der Waals surface area contributed by atoms with E-state index in [9.17, 15) is 4.39 Å². The van der Waals surface area contributed by atoms with E-state index in [2.05, 4.69) is 31.2 Å². The summed E-state index contributed by atoms with van der Waals surface area (Å²) in [4.78, 5) is 0. The van der Waals surface area contributed by atoms with E-state index in [1.54, 1.807) is 11.6 Å². The third-order valence-corrected chi connectivity index (χ3v) is 7.93.